The second-order valence-corrected chi connectivity index (χ2v) is 6.35. The molecule has 0 aliphatic heterocycles. The minimum Gasteiger partial charge on any atom is -0.308 e. The van der Waals surface area contributed by atoms with Crippen molar-refractivity contribution in [3.05, 3.63) is 58.0 Å². The van der Waals surface area contributed by atoms with E-state index in [-0.39, 0.29) is 11.9 Å². The van der Waals surface area contributed by atoms with Crippen LogP contribution in [0.1, 0.15) is 36.4 Å². The molecule has 1 aromatic carbocycles. The van der Waals surface area contributed by atoms with Crippen LogP contribution in [0.25, 0.3) is 0 Å². The number of benzene rings is 1. The van der Waals surface area contributed by atoms with Crippen LogP contribution in [0.4, 0.5) is 4.39 Å². The second kappa shape index (κ2) is 7.69. The lowest BCUT2D eigenvalue weighted by Crippen LogP contribution is -2.32. The van der Waals surface area contributed by atoms with Gasteiger partial charge in [-0.25, -0.2) is 4.39 Å². The molecule has 2 nitrogen and oxygen atoms in total. The van der Waals surface area contributed by atoms with Gasteiger partial charge in [0.1, 0.15) is 5.82 Å². The first-order valence-corrected chi connectivity index (χ1v) is 8.19. The normalized spacial score (nSPS) is 14.3. The zero-order valence-corrected chi connectivity index (χ0v) is 13.7. The topological polar surface area (TPSA) is 15.3 Å². The van der Waals surface area contributed by atoms with Gasteiger partial charge in [-0.2, -0.15) is 0 Å². The third-order valence-corrected chi connectivity index (χ3v) is 4.96. The molecule has 0 spiro atoms. The maximum atomic E-state index is 13.8. The molecular formula is C17H23FN2S. The van der Waals surface area contributed by atoms with Crippen LogP contribution in [-0.4, -0.2) is 25.0 Å². The Bertz CT molecular complexity index is 541. The smallest absolute Gasteiger partial charge is 0.127 e. The SMILES string of the molecule is CC(NCCN(C)C(C)c1ccccc1F)c1cccs1. The van der Waals surface area contributed by atoms with Crippen molar-refractivity contribution in [2.75, 3.05) is 20.1 Å². The lowest BCUT2D eigenvalue weighted by molar-refractivity contribution is 0.253. The Morgan fingerprint density at radius 2 is 1.95 bits per heavy atom. The summed E-state index contributed by atoms with van der Waals surface area (Å²) in [6.07, 6.45) is 0. The van der Waals surface area contributed by atoms with Crippen molar-refractivity contribution in [2.24, 2.45) is 0 Å². The Hall–Kier alpha value is -1.23. The summed E-state index contributed by atoms with van der Waals surface area (Å²) < 4.78 is 13.8. The lowest BCUT2D eigenvalue weighted by Gasteiger charge is -2.26. The van der Waals surface area contributed by atoms with E-state index in [2.05, 4.69) is 34.7 Å². The number of hydrogen-bond donors (Lipinski definition) is 1. The van der Waals surface area contributed by atoms with Crippen molar-refractivity contribution in [2.45, 2.75) is 25.9 Å². The van der Waals surface area contributed by atoms with Crippen LogP contribution < -0.4 is 5.32 Å². The van der Waals surface area contributed by atoms with E-state index in [0.29, 0.717) is 6.04 Å². The molecule has 0 saturated carbocycles. The van der Waals surface area contributed by atoms with E-state index < -0.39 is 0 Å². The molecule has 0 saturated heterocycles. The second-order valence-electron chi connectivity index (χ2n) is 5.37. The average molecular weight is 306 g/mol. The molecule has 21 heavy (non-hydrogen) atoms. The molecular weight excluding hydrogens is 283 g/mol. The average Bonchev–Trinajstić information content (AvgIpc) is 3.01. The van der Waals surface area contributed by atoms with Gasteiger partial charge < -0.3 is 5.32 Å². The van der Waals surface area contributed by atoms with E-state index in [4.69, 9.17) is 0 Å². The molecule has 0 aliphatic carbocycles. The van der Waals surface area contributed by atoms with E-state index in [1.807, 2.05) is 26.1 Å². The summed E-state index contributed by atoms with van der Waals surface area (Å²) in [6, 6.07) is 11.7. The minimum atomic E-state index is -0.128. The monoisotopic (exact) mass is 306 g/mol. The van der Waals surface area contributed by atoms with Gasteiger partial charge in [-0.3, -0.25) is 4.90 Å². The van der Waals surface area contributed by atoms with Gasteiger partial charge in [-0.1, -0.05) is 24.3 Å². The highest BCUT2D eigenvalue weighted by Gasteiger charge is 2.15. The largest absolute Gasteiger partial charge is 0.308 e. The zero-order valence-electron chi connectivity index (χ0n) is 12.8. The van der Waals surface area contributed by atoms with Crippen LogP contribution >= 0.6 is 11.3 Å². The predicted molar refractivity (Wildman–Crippen MR) is 88.2 cm³/mol. The van der Waals surface area contributed by atoms with Gasteiger partial charge in [0.2, 0.25) is 0 Å². The molecule has 0 aliphatic rings. The molecule has 2 atom stereocenters. The Balaban J connectivity index is 1.82. The van der Waals surface area contributed by atoms with E-state index in [1.54, 1.807) is 17.4 Å². The first-order chi connectivity index (χ1) is 10.1. The molecule has 2 aromatic rings. The van der Waals surface area contributed by atoms with E-state index in [0.717, 1.165) is 18.7 Å². The van der Waals surface area contributed by atoms with Crippen LogP contribution in [0.15, 0.2) is 41.8 Å². The third kappa shape index (κ3) is 4.37. The van der Waals surface area contributed by atoms with Crippen molar-refractivity contribution >= 4 is 11.3 Å². The predicted octanol–water partition coefficient (Wildman–Crippen LogP) is 4.23. The van der Waals surface area contributed by atoms with Gasteiger partial charge >= 0.3 is 0 Å². The number of thiophene rings is 1. The molecule has 1 heterocycles. The highest BCUT2D eigenvalue weighted by atomic mass is 32.1. The standard InChI is InChI=1S/C17H23FN2S/c1-13(17-9-6-12-21-17)19-10-11-20(3)14(2)15-7-4-5-8-16(15)18/h4-9,12-14,19H,10-11H2,1-3H3. The van der Waals surface area contributed by atoms with Gasteiger partial charge in [0.15, 0.2) is 0 Å². The van der Waals surface area contributed by atoms with Gasteiger partial charge in [-0.05, 0) is 38.4 Å². The van der Waals surface area contributed by atoms with Crippen molar-refractivity contribution in [3.63, 3.8) is 0 Å². The lowest BCUT2D eigenvalue weighted by atomic mass is 10.1. The summed E-state index contributed by atoms with van der Waals surface area (Å²) in [7, 11) is 2.04. The van der Waals surface area contributed by atoms with E-state index >= 15 is 0 Å². The number of rotatable bonds is 7. The van der Waals surface area contributed by atoms with Crippen LogP contribution in [-0.2, 0) is 0 Å². The third-order valence-electron chi connectivity index (χ3n) is 3.90. The zero-order chi connectivity index (χ0) is 15.2. The highest BCUT2D eigenvalue weighted by Crippen LogP contribution is 2.21. The molecule has 4 heteroatoms. The number of likely N-dealkylation sites (N-methyl/N-ethyl adjacent to an activating group) is 1. The molecule has 1 N–H and O–H groups in total. The van der Waals surface area contributed by atoms with Crippen molar-refractivity contribution in [1.82, 2.24) is 10.2 Å². The summed E-state index contributed by atoms with van der Waals surface area (Å²) in [4.78, 5) is 3.52. The molecule has 1 aromatic heterocycles. The molecule has 0 amide bonds. The number of nitrogens with zero attached hydrogens (tertiary/aromatic N) is 1. The van der Waals surface area contributed by atoms with Crippen LogP contribution in [0.5, 0.6) is 0 Å². The fourth-order valence-corrected chi connectivity index (χ4v) is 3.10. The fourth-order valence-electron chi connectivity index (χ4n) is 2.34. The van der Waals surface area contributed by atoms with E-state index in [9.17, 15) is 4.39 Å². The van der Waals surface area contributed by atoms with Crippen molar-refractivity contribution in [1.29, 1.82) is 0 Å². The van der Waals surface area contributed by atoms with Gasteiger partial charge in [0.25, 0.3) is 0 Å². The van der Waals surface area contributed by atoms with Crippen LogP contribution in [0.3, 0.4) is 0 Å². The van der Waals surface area contributed by atoms with Crippen LogP contribution in [0, 0.1) is 5.82 Å². The Kier molecular flexibility index (Phi) is 5.91. The van der Waals surface area contributed by atoms with E-state index in [1.165, 1.54) is 10.9 Å². The number of halogens is 1. The molecule has 114 valence electrons. The van der Waals surface area contributed by atoms with Crippen molar-refractivity contribution < 1.29 is 4.39 Å². The first-order valence-electron chi connectivity index (χ1n) is 7.31. The summed E-state index contributed by atoms with van der Waals surface area (Å²) in [5, 5.41) is 5.61. The van der Waals surface area contributed by atoms with Gasteiger partial charge in [-0.15, -0.1) is 11.3 Å². The summed E-state index contributed by atoms with van der Waals surface area (Å²) in [5.74, 6) is -0.128. The fraction of sp³-hybridized carbons (Fsp3) is 0.412. The van der Waals surface area contributed by atoms with Crippen molar-refractivity contribution in [3.8, 4) is 0 Å². The number of hydrogen-bond acceptors (Lipinski definition) is 3. The molecule has 2 rings (SSSR count). The maximum absolute atomic E-state index is 13.8. The Morgan fingerprint density at radius 1 is 1.19 bits per heavy atom. The molecule has 0 bridgehead atoms. The summed E-state index contributed by atoms with van der Waals surface area (Å²) in [6.45, 7) is 5.98. The van der Waals surface area contributed by atoms with Gasteiger partial charge in [0.05, 0.1) is 0 Å². The number of nitrogens with one attached hydrogen (secondary N) is 1. The van der Waals surface area contributed by atoms with Gasteiger partial charge in [0, 0.05) is 35.6 Å². The summed E-state index contributed by atoms with van der Waals surface area (Å²) >= 11 is 1.77. The van der Waals surface area contributed by atoms with Crippen LogP contribution in [0.2, 0.25) is 0 Å². The summed E-state index contributed by atoms with van der Waals surface area (Å²) in [5.41, 5.74) is 0.756. The quantitative estimate of drug-likeness (QED) is 0.823. The Labute approximate surface area is 130 Å². The maximum Gasteiger partial charge on any atom is 0.127 e. The molecule has 0 fully saturated rings. The first kappa shape index (κ1) is 16.1. The molecule has 0 radical (unpaired) electrons. The Morgan fingerprint density at radius 3 is 2.62 bits per heavy atom. The highest BCUT2D eigenvalue weighted by molar-refractivity contribution is 7.10. The molecule has 2 unspecified atom stereocenters. The minimum absolute atomic E-state index is 0.0741.